The third-order valence-corrected chi connectivity index (χ3v) is 3.74. The van der Waals surface area contributed by atoms with Crippen molar-refractivity contribution in [1.29, 1.82) is 0 Å². The number of carbonyl (C=O) groups is 1. The summed E-state index contributed by atoms with van der Waals surface area (Å²) in [5.74, 6) is 1.30. The molecule has 0 aliphatic heterocycles. The molecule has 0 saturated carbocycles. The van der Waals surface area contributed by atoms with Crippen molar-refractivity contribution in [3.63, 3.8) is 0 Å². The quantitative estimate of drug-likeness (QED) is 0.826. The first kappa shape index (κ1) is 13.0. The van der Waals surface area contributed by atoms with Crippen molar-refractivity contribution >= 4 is 23.4 Å². The summed E-state index contributed by atoms with van der Waals surface area (Å²) in [6, 6.07) is 3.59. The van der Waals surface area contributed by atoms with Crippen LogP contribution in [0.4, 0.5) is 5.82 Å². The monoisotopic (exact) mass is 238 g/mol. The number of hydrogen-bond donors (Lipinski definition) is 1. The Morgan fingerprint density at radius 3 is 3.00 bits per heavy atom. The van der Waals surface area contributed by atoms with E-state index < -0.39 is 0 Å². The van der Waals surface area contributed by atoms with Crippen LogP contribution in [0, 0.1) is 0 Å². The van der Waals surface area contributed by atoms with Crippen LogP contribution in [-0.2, 0) is 11.2 Å². The number of carbonyl (C=O) groups excluding carboxylic acids is 1. The maximum absolute atomic E-state index is 11.7. The predicted octanol–water partition coefficient (Wildman–Crippen LogP) is 2.31. The van der Waals surface area contributed by atoms with Crippen molar-refractivity contribution in [2.24, 2.45) is 0 Å². The molecule has 2 N–H and O–H groups in total. The van der Waals surface area contributed by atoms with Crippen LogP contribution < -0.4 is 5.73 Å². The smallest absolute Gasteiger partial charge is 0.147 e. The molecule has 3 nitrogen and oxygen atoms in total. The molecule has 0 aliphatic carbocycles. The molecule has 0 saturated heterocycles. The molecule has 1 atom stereocenters. The first-order valence-corrected chi connectivity index (χ1v) is 6.50. The maximum atomic E-state index is 11.7. The average molecular weight is 238 g/mol. The number of nitrogens with two attached hydrogens (primary N) is 1. The van der Waals surface area contributed by atoms with Crippen LogP contribution in [0.15, 0.2) is 18.3 Å². The molecule has 0 amide bonds. The minimum Gasteiger partial charge on any atom is -0.384 e. The third kappa shape index (κ3) is 4.66. The highest BCUT2D eigenvalue weighted by Gasteiger charge is 2.07. The van der Waals surface area contributed by atoms with Crippen LogP contribution in [0.3, 0.4) is 0 Å². The summed E-state index contributed by atoms with van der Waals surface area (Å²) in [4.78, 5) is 15.6. The molecule has 4 heteroatoms. The second-order valence-electron chi connectivity index (χ2n) is 3.83. The van der Waals surface area contributed by atoms with Crippen LogP contribution in [-0.4, -0.2) is 21.8 Å². The first-order chi connectivity index (χ1) is 7.61. The van der Waals surface area contributed by atoms with Gasteiger partial charge in [0.15, 0.2) is 0 Å². The molecule has 0 aromatic carbocycles. The lowest BCUT2D eigenvalue weighted by Gasteiger charge is -2.07. The number of nitrogen functional groups attached to an aromatic ring is 1. The van der Waals surface area contributed by atoms with Crippen LogP contribution in [0.1, 0.15) is 25.8 Å². The molecule has 1 aromatic rings. The standard InChI is InChI=1S/C12H18N2OS/c1-3-9(2)16-8-11(15)6-10-4-5-14-12(13)7-10/h4-5,7,9H,3,6,8H2,1-2H3,(H2,13,14). The summed E-state index contributed by atoms with van der Waals surface area (Å²) in [5.41, 5.74) is 6.50. The van der Waals surface area contributed by atoms with Crippen molar-refractivity contribution < 1.29 is 4.79 Å². The summed E-state index contributed by atoms with van der Waals surface area (Å²) >= 11 is 1.71. The second-order valence-corrected chi connectivity index (χ2v) is 5.26. The molecule has 0 radical (unpaired) electrons. The van der Waals surface area contributed by atoms with E-state index in [4.69, 9.17) is 5.73 Å². The molecule has 16 heavy (non-hydrogen) atoms. The largest absolute Gasteiger partial charge is 0.384 e. The lowest BCUT2D eigenvalue weighted by atomic mass is 10.1. The fourth-order valence-corrected chi connectivity index (χ4v) is 2.04. The summed E-state index contributed by atoms with van der Waals surface area (Å²) < 4.78 is 0. The van der Waals surface area contributed by atoms with Crippen LogP contribution in [0.5, 0.6) is 0 Å². The number of nitrogens with zero attached hydrogens (tertiary/aromatic N) is 1. The minimum absolute atomic E-state index is 0.246. The van der Waals surface area contributed by atoms with E-state index in [1.807, 2.05) is 6.07 Å². The van der Waals surface area contributed by atoms with Crippen molar-refractivity contribution in [1.82, 2.24) is 4.98 Å². The molecule has 1 heterocycles. The fourth-order valence-electron chi connectivity index (χ4n) is 1.24. The van der Waals surface area contributed by atoms with Crippen LogP contribution >= 0.6 is 11.8 Å². The van der Waals surface area contributed by atoms with E-state index >= 15 is 0 Å². The van der Waals surface area contributed by atoms with Crippen molar-refractivity contribution in [3.8, 4) is 0 Å². The lowest BCUT2D eigenvalue weighted by molar-refractivity contribution is -0.116. The Labute approximate surface area is 101 Å². The third-order valence-electron chi connectivity index (χ3n) is 2.35. The molecule has 0 fully saturated rings. The topological polar surface area (TPSA) is 56.0 Å². The van der Waals surface area contributed by atoms with Gasteiger partial charge in [-0.25, -0.2) is 4.98 Å². The predicted molar refractivity (Wildman–Crippen MR) is 69.6 cm³/mol. The van der Waals surface area contributed by atoms with E-state index in [-0.39, 0.29) is 5.78 Å². The van der Waals surface area contributed by atoms with E-state index in [2.05, 4.69) is 18.8 Å². The lowest BCUT2D eigenvalue weighted by Crippen LogP contribution is -2.09. The molecule has 1 rings (SSSR count). The minimum atomic E-state index is 0.246. The van der Waals surface area contributed by atoms with Gasteiger partial charge in [-0.05, 0) is 24.1 Å². The number of pyridine rings is 1. The number of hydrogen-bond acceptors (Lipinski definition) is 4. The first-order valence-electron chi connectivity index (χ1n) is 5.45. The Bertz CT molecular complexity index is 355. The molecule has 1 unspecified atom stereocenters. The SMILES string of the molecule is CCC(C)SCC(=O)Cc1ccnc(N)c1. The van der Waals surface area contributed by atoms with Gasteiger partial charge in [-0.3, -0.25) is 4.79 Å². The highest BCUT2D eigenvalue weighted by atomic mass is 32.2. The van der Waals surface area contributed by atoms with Gasteiger partial charge in [-0.2, -0.15) is 11.8 Å². The summed E-state index contributed by atoms with van der Waals surface area (Å²) in [7, 11) is 0. The van der Waals surface area contributed by atoms with E-state index in [0.29, 0.717) is 23.2 Å². The maximum Gasteiger partial charge on any atom is 0.147 e. The number of ketones is 1. The average Bonchev–Trinajstić information content (AvgIpc) is 2.26. The highest BCUT2D eigenvalue weighted by Crippen LogP contribution is 2.14. The fraction of sp³-hybridized carbons (Fsp3) is 0.500. The van der Waals surface area contributed by atoms with Crippen molar-refractivity contribution in [2.75, 3.05) is 11.5 Å². The number of Topliss-reactive ketones (excluding diaryl/α,β-unsaturated/α-hetero) is 1. The van der Waals surface area contributed by atoms with Gasteiger partial charge in [-0.15, -0.1) is 0 Å². The van der Waals surface area contributed by atoms with Gasteiger partial charge in [0.2, 0.25) is 0 Å². The van der Waals surface area contributed by atoms with Gasteiger partial charge in [0, 0.05) is 17.9 Å². The Kier molecular flexibility index (Phi) is 5.32. The van der Waals surface area contributed by atoms with Crippen LogP contribution in [0.2, 0.25) is 0 Å². The molecular formula is C12H18N2OS. The van der Waals surface area contributed by atoms with Crippen molar-refractivity contribution in [3.05, 3.63) is 23.9 Å². The Balaban J connectivity index is 2.40. The highest BCUT2D eigenvalue weighted by molar-refractivity contribution is 8.00. The number of anilines is 1. The zero-order valence-electron chi connectivity index (χ0n) is 9.77. The van der Waals surface area contributed by atoms with Gasteiger partial charge in [0.25, 0.3) is 0 Å². The molecule has 88 valence electrons. The normalized spacial score (nSPS) is 12.4. The Morgan fingerprint density at radius 1 is 1.62 bits per heavy atom. The van der Waals surface area contributed by atoms with Gasteiger partial charge < -0.3 is 5.73 Å². The molecule has 0 spiro atoms. The van der Waals surface area contributed by atoms with E-state index in [1.165, 1.54) is 0 Å². The number of aromatic nitrogens is 1. The summed E-state index contributed by atoms with van der Waals surface area (Å²) in [6.07, 6.45) is 3.19. The summed E-state index contributed by atoms with van der Waals surface area (Å²) in [5, 5.41) is 0.548. The van der Waals surface area contributed by atoms with Crippen LogP contribution in [0.25, 0.3) is 0 Å². The summed E-state index contributed by atoms with van der Waals surface area (Å²) in [6.45, 7) is 4.27. The van der Waals surface area contributed by atoms with E-state index in [9.17, 15) is 4.79 Å². The van der Waals surface area contributed by atoms with Gasteiger partial charge in [0.1, 0.15) is 11.6 Å². The Morgan fingerprint density at radius 2 is 2.38 bits per heavy atom. The zero-order valence-corrected chi connectivity index (χ0v) is 10.6. The number of rotatable bonds is 6. The number of thioether (sulfide) groups is 1. The zero-order chi connectivity index (χ0) is 12.0. The van der Waals surface area contributed by atoms with Gasteiger partial charge in [0.05, 0.1) is 5.75 Å². The molecular weight excluding hydrogens is 220 g/mol. The van der Waals surface area contributed by atoms with Gasteiger partial charge >= 0.3 is 0 Å². The van der Waals surface area contributed by atoms with Gasteiger partial charge in [-0.1, -0.05) is 13.8 Å². The molecule has 1 aromatic heterocycles. The second kappa shape index (κ2) is 6.53. The molecule has 0 aliphatic rings. The Hall–Kier alpha value is -1.03. The molecule has 0 bridgehead atoms. The van der Waals surface area contributed by atoms with E-state index in [1.54, 1.807) is 24.0 Å². The van der Waals surface area contributed by atoms with Crippen molar-refractivity contribution in [2.45, 2.75) is 31.9 Å². The van der Waals surface area contributed by atoms with E-state index in [0.717, 1.165) is 12.0 Å².